The Morgan fingerprint density at radius 2 is 1.60 bits per heavy atom. The van der Waals surface area contributed by atoms with Gasteiger partial charge in [0, 0.05) is 26.1 Å². The van der Waals surface area contributed by atoms with Gasteiger partial charge in [-0.25, -0.2) is 0 Å². The topological polar surface area (TPSA) is 138 Å². The van der Waals surface area contributed by atoms with Gasteiger partial charge in [0.2, 0.25) is 0 Å². The molecule has 0 aromatic carbocycles. The minimum Gasteiger partial charge on any atom is -0.459 e. The first-order valence-electron chi connectivity index (χ1n) is 14.9. The average Bonchev–Trinajstić information content (AvgIpc) is 2.85. The summed E-state index contributed by atoms with van der Waals surface area (Å²) in [5.41, 5.74) is -3.66. The van der Waals surface area contributed by atoms with Crippen LogP contribution in [0.25, 0.3) is 0 Å². The molecule has 2 fully saturated rings. The van der Waals surface area contributed by atoms with Gasteiger partial charge in [0.15, 0.2) is 6.29 Å². The van der Waals surface area contributed by atoms with Crippen LogP contribution in [0.5, 0.6) is 0 Å². The zero-order valence-corrected chi connectivity index (χ0v) is 26.6. The molecule has 2 aliphatic heterocycles. The lowest BCUT2D eigenvalue weighted by molar-refractivity contribution is -0.296. The van der Waals surface area contributed by atoms with Crippen molar-refractivity contribution in [1.82, 2.24) is 4.90 Å². The van der Waals surface area contributed by atoms with Gasteiger partial charge < -0.3 is 44.3 Å². The monoisotopic (exact) mass is 575 g/mol. The summed E-state index contributed by atoms with van der Waals surface area (Å²) in [6.07, 6.45) is -3.62. The molecule has 0 aliphatic carbocycles. The number of hydrogen-bond acceptors (Lipinski definition) is 10. The fraction of sp³-hybridized carbons (Fsp3) is 0.967. The molecule has 0 radical (unpaired) electrons. The van der Waals surface area contributed by atoms with Crippen LogP contribution in [0, 0.1) is 17.8 Å². The molecular formula is C30H57NO9. The lowest BCUT2D eigenvalue weighted by Gasteiger charge is -2.46. The second kappa shape index (κ2) is 13.6. The van der Waals surface area contributed by atoms with E-state index in [1.165, 1.54) is 14.0 Å². The van der Waals surface area contributed by atoms with E-state index >= 15 is 0 Å². The second-order valence-electron chi connectivity index (χ2n) is 13.5. The Balaban J connectivity index is 2.47. The van der Waals surface area contributed by atoms with Gasteiger partial charge in [-0.2, -0.15) is 0 Å². The third kappa shape index (κ3) is 8.16. The normalized spacial score (nSPS) is 49.1. The predicted molar refractivity (Wildman–Crippen MR) is 151 cm³/mol. The molecular weight excluding hydrogens is 518 g/mol. The molecule has 2 saturated heterocycles. The van der Waals surface area contributed by atoms with Gasteiger partial charge in [-0.3, -0.25) is 4.79 Å². The SMILES string of the molecule is CC[C@H]1OC(=O)[C@H](C)[C@@H](O[C@H]2C[C@@](C)(OC)[C@@H](O)C(C)O2)[C@H](C)C[C@](C)(O)C[C@@H](C)CN(C)[C@H](C)C(O)[C@]1(C)O. The number of likely N-dealkylation sites (N-methyl/N-ethyl adjacent to an activating group) is 1. The molecule has 0 aromatic heterocycles. The van der Waals surface area contributed by atoms with Crippen LogP contribution >= 0.6 is 0 Å². The molecule has 2 aliphatic rings. The van der Waals surface area contributed by atoms with Crippen LogP contribution in [0.4, 0.5) is 0 Å². The summed E-state index contributed by atoms with van der Waals surface area (Å²) in [5.74, 6) is -1.55. The molecule has 2 heterocycles. The number of carbonyl (C=O) groups is 1. The maximum absolute atomic E-state index is 13.6. The van der Waals surface area contributed by atoms with Crippen LogP contribution < -0.4 is 0 Å². The number of ether oxygens (including phenoxy) is 4. The van der Waals surface area contributed by atoms with Crippen molar-refractivity contribution in [2.45, 2.75) is 148 Å². The van der Waals surface area contributed by atoms with E-state index in [1.54, 1.807) is 34.6 Å². The summed E-state index contributed by atoms with van der Waals surface area (Å²) in [6.45, 7) is 16.8. The highest BCUT2D eigenvalue weighted by molar-refractivity contribution is 5.73. The molecule has 0 aromatic rings. The standard InChI is InChI=1S/C30H57NO9/c1-12-22-30(9,36)25(32)20(5)31(10)16-17(2)13-28(7,35)14-18(3)24(19(4)27(34)39-22)40-23-15-29(8,37-11)26(33)21(6)38-23/h17-26,32-33,35-36H,12-16H2,1-11H3/t17-,18-,19-,20-,21?,22-,23+,24+,25?,26+,28-,29-,30-/m1/s1. The van der Waals surface area contributed by atoms with Crippen LogP contribution in [0.1, 0.15) is 88.0 Å². The van der Waals surface area contributed by atoms with Gasteiger partial charge in [0.1, 0.15) is 23.9 Å². The summed E-state index contributed by atoms with van der Waals surface area (Å²) in [6, 6.07) is -0.427. The molecule has 2 rings (SSSR count). The number of aliphatic hydroxyl groups is 4. The average molecular weight is 576 g/mol. The molecule has 0 spiro atoms. The van der Waals surface area contributed by atoms with Gasteiger partial charge in [-0.1, -0.05) is 20.8 Å². The van der Waals surface area contributed by atoms with Crippen molar-refractivity contribution in [3.05, 3.63) is 0 Å². The summed E-state index contributed by atoms with van der Waals surface area (Å²) < 4.78 is 24.0. The Kier molecular flexibility index (Phi) is 12.0. The van der Waals surface area contributed by atoms with Gasteiger partial charge in [-0.15, -0.1) is 0 Å². The lowest BCUT2D eigenvalue weighted by atomic mass is 9.80. The van der Waals surface area contributed by atoms with Crippen LogP contribution in [0.3, 0.4) is 0 Å². The van der Waals surface area contributed by atoms with Crippen molar-refractivity contribution in [2.75, 3.05) is 20.7 Å². The van der Waals surface area contributed by atoms with E-state index in [1.807, 2.05) is 25.8 Å². The van der Waals surface area contributed by atoms with Gasteiger partial charge in [0.25, 0.3) is 0 Å². The summed E-state index contributed by atoms with van der Waals surface area (Å²) in [4.78, 5) is 15.6. The number of nitrogens with zero attached hydrogens (tertiary/aromatic N) is 1. The van der Waals surface area contributed by atoms with Crippen LogP contribution in [0.15, 0.2) is 0 Å². The molecule has 10 heteroatoms. The summed E-state index contributed by atoms with van der Waals surface area (Å²) in [5, 5.41) is 44.8. The van der Waals surface area contributed by atoms with Crippen molar-refractivity contribution < 1.29 is 44.2 Å². The fourth-order valence-corrected chi connectivity index (χ4v) is 6.80. The van der Waals surface area contributed by atoms with E-state index < -0.39 is 71.5 Å². The summed E-state index contributed by atoms with van der Waals surface area (Å²) >= 11 is 0. The Hall–Kier alpha value is -0.850. The third-order valence-corrected chi connectivity index (χ3v) is 9.39. The predicted octanol–water partition coefficient (Wildman–Crippen LogP) is 2.48. The number of esters is 1. The molecule has 2 unspecified atom stereocenters. The Bertz CT molecular complexity index is 823. The Labute approximate surface area is 241 Å². The minimum atomic E-state index is -1.70. The van der Waals surface area contributed by atoms with Gasteiger partial charge >= 0.3 is 5.97 Å². The first-order valence-corrected chi connectivity index (χ1v) is 14.9. The number of methoxy groups -OCH3 is 1. The Morgan fingerprint density at radius 3 is 2.15 bits per heavy atom. The smallest absolute Gasteiger partial charge is 0.311 e. The number of carbonyl (C=O) groups excluding carboxylic acids is 1. The zero-order chi connectivity index (χ0) is 30.8. The van der Waals surface area contributed by atoms with Crippen molar-refractivity contribution >= 4 is 5.97 Å². The molecule has 13 atom stereocenters. The molecule has 10 nitrogen and oxygen atoms in total. The molecule has 40 heavy (non-hydrogen) atoms. The van der Waals surface area contributed by atoms with Crippen molar-refractivity contribution in [1.29, 1.82) is 0 Å². The van der Waals surface area contributed by atoms with Crippen LogP contribution in [0.2, 0.25) is 0 Å². The quantitative estimate of drug-likeness (QED) is 0.370. The first-order chi connectivity index (χ1) is 18.3. The molecule has 236 valence electrons. The van der Waals surface area contributed by atoms with E-state index in [9.17, 15) is 25.2 Å². The molecule has 0 bridgehead atoms. The maximum atomic E-state index is 13.6. The third-order valence-electron chi connectivity index (χ3n) is 9.39. The van der Waals surface area contributed by atoms with E-state index in [4.69, 9.17) is 18.9 Å². The number of cyclic esters (lactones) is 1. The largest absolute Gasteiger partial charge is 0.459 e. The minimum absolute atomic E-state index is 0.0833. The first kappa shape index (κ1) is 35.3. The van der Waals surface area contributed by atoms with Crippen molar-refractivity contribution in [3.63, 3.8) is 0 Å². The highest BCUT2D eigenvalue weighted by Gasteiger charge is 2.49. The van der Waals surface area contributed by atoms with Crippen LogP contribution in [-0.4, -0.2) is 112 Å². The van der Waals surface area contributed by atoms with E-state index in [0.717, 1.165) is 0 Å². The second-order valence-corrected chi connectivity index (χ2v) is 13.5. The van der Waals surface area contributed by atoms with Crippen molar-refractivity contribution in [3.8, 4) is 0 Å². The van der Waals surface area contributed by atoms with Crippen LogP contribution in [-0.2, 0) is 23.7 Å². The molecule has 4 N–H and O–H groups in total. The Morgan fingerprint density at radius 1 is 1.00 bits per heavy atom. The summed E-state index contributed by atoms with van der Waals surface area (Å²) in [7, 11) is 3.41. The highest BCUT2D eigenvalue weighted by Crippen LogP contribution is 2.37. The number of rotatable bonds is 4. The lowest BCUT2D eigenvalue weighted by Crippen LogP contribution is -2.59. The van der Waals surface area contributed by atoms with E-state index in [2.05, 4.69) is 6.92 Å². The zero-order valence-electron chi connectivity index (χ0n) is 26.6. The number of aliphatic hydroxyl groups excluding tert-OH is 2. The molecule has 0 saturated carbocycles. The van der Waals surface area contributed by atoms with E-state index in [-0.39, 0.29) is 18.3 Å². The molecule has 0 amide bonds. The van der Waals surface area contributed by atoms with Gasteiger partial charge in [0.05, 0.1) is 29.3 Å². The maximum Gasteiger partial charge on any atom is 0.311 e. The highest BCUT2D eigenvalue weighted by atomic mass is 16.7. The van der Waals surface area contributed by atoms with Gasteiger partial charge in [-0.05, 0) is 79.7 Å². The fourth-order valence-electron chi connectivity index (χ4n) is 6.80. The number of hydrogen-bond donors (Lipinski definition) is 4. The van der Waals surface area contributed by atoms with Crippen molar-refractivity contribution in [2.24, 2.45) is 17.8 Å². The van der Waals surface area contributed by atoms with E-state index in [0.29, 0.717) is 25.8 Å².